The van der Waals surface area contributed by atoms with Crippen LogP contribution in [0.2, 0.25) is 0 Å². The Morgan fingerprint density at radius 2 is 0.340 bits per heavy atom. The van der Waals surface area contributed by atoms with Gasteiger partial charge in [-0.25, -0.2) is 0 Å². The predicted octanol–water partition coefficient (Wildman–Crippen LogP) is 11.5. The van der Waals surface area contributed by atoms with Crippen molar-refractivity contribution in [1.82, 2.24) is 0 Å². The normalized spacial score (nSPS) is 18.3. The van der Waals surface area contributed by atoms with E-state index in [-0.39, 0.29) is 0 Å². The molecule has 0 radical (unpaired) electrons. The predicted molar refractivity (Wildman–Crippen MR) is 83.8 cm³/mol. The van der Waals surface area contributed by atoms with Crippen molar-refractivity contribution in [3.8, 4) is 0 Å². The second kappa shape index (κ2) is 11.7. The summed E-state index contributed by atoms with van der Waals surface area (Å²) in [5.41, 5.74) is 0. The first kappa shape index (κ1) is 50.4. The van der Waals surface area contributed by atoms with E-state index in [0.717, 1.165) is 0 Å². The fourth-order valence-electron chi connectivity index (χ4n) is 3.63. The molecule has 0 aliphatic carbocycles. The van der Waals surface area contributed by atoms with Crippen molar-refractivity contribution >= 4 is 0 Å². The van der Waals surface area contributed by atoms with Crippen molar-refractivity contribution in [3.05, 3.63) is 0 Å². The van der Waals surface area contributed by atoms with Crippen LogP contribution in [-0.2, 0) is 0 Å². The number of quaternary nitrogens is 1. The molecular weight excluding hydrogens is 890 g/mol. The van der Waals surface area contributed by atoms with Crippen molar-refractivity contribution in [2.45, 2.75) is 96.3 Å². The summed E-state index contributed by atoms with van der Waals surface area (Å²) in [5, 5.41) is 0. The van der Waals surface area contributed by atoms with Gasteiger partial charge in [0.25, 0.3) is 0 Å². The third kappa shape index (κ3) is 5.56. The lowest BCUT2D eigenvalue weighted by Crippen LogP contribution is -2.96. The molecule has 0 aromatic carbocycles. The molecule has 0 aliphatic rings. The first-order valence-electron chi connectivity index (χ1n) is 10.7. The van der Waals surface area contributed by atoms with E-state index in [1.165, 1.54) is 0 Å². The molecule has 0 rings (SSSR count). The Balaban J connectivity index is 9.45. The number of halogens is 36. The Morgan fingerprint density at radius 1 is 0.170 bits per heavy atom. The molecule has 53 heavy (non-hydrogen) atoms. The average molecular weight is 890 g/mol. The molecule has 1 nitrogen and oxygen atoms in total. The van der Waals surface area contributed by atoms with Crippen molar-refractivity contribution in [3.63, 3.8) is 0 Å². The maximum atomic E-state index is 15.3. The highest BCUT2D eigenvalue weighted by Crippen LogP contribution is 2.75. The van der Waals surface area contributed by atoms with Gasteiger partial charge in [0.05, 0.1) is 0 Å². The van der Waals surface area contributed by atoms with Crippen molar-refractivity contribution in [1.29, 1.82) is 0 Å². The quantitative estimate of drug-likeness (QED) is 0.110. The molecule has 0 amide bonds. The van der Waals surface area contributed by atoms with Crippen LogP contribution in [0.3, 0.4) is 0 Å². The summed E-state index contributed by atoms with van der Waals surface area (Å²) >= 11 is 0. The lowest BCUT2D eigenvalue weighted by molar-refractivity contribution is -1.21. The molecule has 1 atom stereocenters. The highest BCUT2D eigenvalue weighted by Gasteiger charge is 3.12. The molecule has 0 fully saturated rings. The van der Waals surface area contributed by atoms with Gasteiger partial charge in [-0.3, -0.25) is 0 Å². The number of hydrogen-bond donors (Lipinski definition) is 0. The van der Waals surface area contributed by atoms with E-state index in [1.807, 2.05) is 0 Å². The third-order valence-electron chi connectivity index (χ3n) is 6.26. The van der Waals surface area contributed by atoms with Crippen LogP contribution in [0.25, 0.3) is 0 Å². The Hall–Kier alpha value is -2.56. The Morgan fingerprint density at radius 3 is 0.491 bits per heavy atom. The molecule has 0 saturated carbocycles. The zero-order valence-electron chi connectivity index (χ0n) is 22.1. The van der Waals surface area contributed by atoms with Gasteiger partial charge in [0, 0.05) is 0 Å². The van der Waals surface area contributed by atoms with Gasteiger partial charge in [-0.1, -0.05) is 4.48 Å². The summed E-state index contributed by atoms with van der Waals surface area (Å²) in [6.45, 7) is 0. The molecule has 0 heterocycles. The second-order valence-corrected chi connectivity index (χ2v) is 9.43. The molecule has 1 unspecified atom stereocenters. The first-order valence-corrected chi connectivity index (χ1v) is 10.7. The lowest BCUT2D eigenvalue weighted by Gasteiger charge is -2.57. The standard InChI is InChI=1S/C16F36N/c17-1(18,3(21,22)5(25,26)7(29,30)9(32,33)34)2(19,20)4(23,24)6(27,28)8(31,10(35,36)37)53(14(47,48)11(38,39)40,15(49,50)12(41,42)43)16(51,52)13(44,45)46/q+1. The summed E-state index contributed by atoms with van der Waals surface area (Å²) in [7, 11) is 0. The molecule has 0 saturated heterocycles. The number of hydrogen-bond acceptors (Lipinski definition) is 0. The summed E-state index contributed by atoms with van der Waals surface area (Å²) < 4.78 is 476. The number of rotatable bonds is 11. The molecular formula is C16F36N+. The summed E-state index contributed by atoms with van der Waals surface area (Å²) in [5.74, 6) is -84.6. The molecule has 0 N–H and O–H groups in total. The van der Waals surface area contributed by atoms with Gasteiger partial charge in [-0.2, -0.15) is 132 Å². The zero-order chi connectivity index (χ0) is 44.5. The van der Waals surface area contributed by atoms with E-state index < -0.39 is 101 Å². The number of alkyl halides is 36. The second-order valence-electron chi connectivity index (χ2n) is 9.43. The molecule has 0 aromatic heterocycles. The van der Waals surface area contributed by atoms with Gasteiger partial charge in [-0.05, 0) is 0 Å². The minimum absolute atomic E-state index is 8.60. The summed E-state index contributed by atoms with van der Waals surface area (Å²) in [6.07, 6.45) is -48.8. The Labute approximate surface area is 260 Å². The highest BCUT2D eigenvalue weighted by atomic mass is 19.5. The van der Waals surface area contributed by atoms with Crippen molar-refractivity contribution < 1.29 is 163 Å². The van der Waals surface area contributed by atoms with Crippen LogP contribution < -0.4 is 0 Å². The smallest absolute Gasteiger partial charge is 0.192 e. The van der Waals surface area contributed by atoms with Gasteiger partial charge in [0.2, 0.25) is 0 Å². The Bertz CT molecular complexity index is 1260. The van der Waals surface area contributed by atoms with Crippen LogP contribution in [-0.4, -0.2) is 101 Å². The van der Waals surface area contributed by atoms with Crippen LogP contribution in [0.4, 0.5) is 158 Å². The SMILES string of the molecule is FC(F)(F)C(F)(F)C(F)(F)C(F)(F)C(F)(F)C(F)(F)C(F)(F)C(F)(F)C(F)(C(F)(F)F)[N+](C(F)(F)C(F)(F)F)(C(F)(F)C(F)(F)F)C(F)(F)C(F)(F)F. The maximum Gasteiger partial charge on any atom is 0.515 e. The highest BCUT2D eigenvalue weighted by molar-refractivity contribution is 5.18. The third-order valence-corrected chi connectivity index (χ3v) is 6.26. The van der Waals surface area contributed by atoms with Gasteiger partial charge in [0.15, 0.2) is 0 Å². The minimum Gasteiger partial charge on any atom is -0.192 e. The molecule has 320 valence electrons. The van der Waals surface area contributed by atoms with Crippen molar-refractivity contribution in [2.24, 2.45) is 0 Å². The van der Waals surface area contributed by atoms with Gasteiger partial charge >= 0.3 is 96.3 Å². The molecule has 0 spiro atoms. The van der Waals surface area contributed by atoms with E-state index in [1.54, 1.807) is 0 Å². The van der Waals surface area contributed by atoms with E-state index in [0.29, 0.717) is 0 Å². The number of nitrogens with zero attached hydrogens (tertiary/aromatic N) is 1. The van der Waals surface area contributed by atoms with Gasteiger partial charge in [-0.15, -0.1) is 26.3 Å². The molecule has 37 heteroatoms. The van der Waals surface area contributed by atoms with Crippen molar-refractivity contribution in [2.75, 3.05) is 0 Å². The largest absolute Gasteiger partial charge is 0.515 e. The lowest BCUT2D eigenvalue weighted by atomic mass is 9.84. The van der Waals surface area contributed by atoms with E-state index in [9.17, 15) is 154 Å². The fraction of sp³-hybridized carbons (Fsp3) is 1.00. The zero-order valence-corrected chi connectivity index (χ0v) is 22.1. The first-order chi connectivity index (χ1) is 22.0. The van der Waals surface area contributed by atoms with Crippen LogP contribution in [0.1, 0.15) is 0 Å². The molecule has 0 bridgehead atoms. The van der Waals surface area contributed by atoms with Crippen LogP contribution in [0, 0.1) is 0 Å². The molecule has 0 aromatic rings. The summed E-state index contributed by atoms with van der Waals surface area (Å²) in [4.78, 5) is 0. The average Bonchev–Trinajstić information content (AvgIpc) is 2.84. The van der Waals surface area contributed by atoms with E-state index in [4.69, 9.17) is 0 Å². The van der Waals surface area contributed by atoms with Crippen LogP contribution >= 0.6 is 0 Å². The fourth-order valence-corrected chi connectivity index (χ4v) is 3.63. The monoisotopic (exact) mass is 890 g/mol. The summed E-state index contributed by atoms with van der Waals surface area (Å²) in [6, 6.07) is -32.8. The van der Waals surface area contributed by atoms with Crippen LogP contribution in [0.15, 0.2) is 0 Å². The van der Waals surface area contributed by atoms with Gasteiger partial charge < -0.3 is 0 Å². The maximum absolute atomic E-state index is 15.3. The van der Waals surface area contributed by atoms with E-state index in [2.05, 4.69) is 0 Å². The van der Waals surface area contributed by atoms with Gasteiger partial charge in [0.1, 0.15) is 0 Å². The topological polar surface area (TPSA) is 0 Å². The minimum atomic E-state index is -11.8. The molecule has 0 aliphatic heterocycles. The Kier molecular flexibility index (Phi) is 11.2. The van der Waals surface area contributed by atoms with Crippen LogP contribution in [0.5, 0.6) is 0 Å². The van der Waals surface area contributed by atoms with E-state index >= 15 is 4.39 Å².